The van der Waals surface area contributed by atoms with Gasteiger partial charge in [0, 0.05) is 20.2 Å². The van der Waals surface area contributed by atoms with Crippen molar-refractivity contribution in [3.05, 3.63) is 33.0 Å². The van der Waals surface area contributed by atoms with Gasteiger partial charge >= 0.3 is 0 Å². The van der Waals surface area contributed by atoms with Crippen molar-refractivity contribution in [2.45, 2.75) is 148 Å². The van der Waals surface area contributed by atoms with Crippen molar-refractivity contribution < 1.29 is 0 Å². The van der Waals surface area contributed by atoms with Gasteiger partial charge < -0.3 is 4.98 Å². The molecule has 1 aliphatic carbocycles. The molecule has 0 spiro atoms. The summed E-state index contributed by atoms with van der Waals surface area (Å²) in [5.74, 6) is 0.908. The molecule has 2 aromatic rings. The Morgan fingerprint density at radius 2 is 1.26 bits per heavy atom. The summed E-state index contributed by atoms with van der Waals surface area (Å²) in [5.41, 5.74) is 4.50. The van der Waals surface area contributed by atoms with Crippen LogP contribution in [0.2, 0.25) is 0 Å². The van der Waals surface area contributed by atoms with E-state index in [1.54, 1.807) is 5.56 Å². The Hall–Kier alpha value is -0.510. The first-order chi connectivity index (χ1) is 16.8. The van der Waals surface area contributed by atoms with Crippen LogP contribution in [-0.4, -0.2) is 4.98 Å². The van der Waals surface area contributed by atoms with E-state index in [-0.39, 0.29) is 0 Å². The van der Waals surface area contributed by atoms with Crippen LogP contribution in [0.3, 0.4) is 0 Å². The topological polar surface area (TPSA) is 15.8 Å². The van der Waals surface area contributed by atoms with Gasteiger partial charge in [-0.3, -0.25) is 0 Å². The molecule has 3 rings (SSSR count). The summed E-state index contributed by atoms with van der Waals surface area (Å²) in [6.07, 6.45) is 31.7. The molecule has 0 bridgehead atoms. The van der Waals surface area contributed by atoms with Gasteiger partial charge in [-0.1, -0.05) is 129 Å². The molecule has 1 unspecified atom stereocenters. The van der Waals surface area contributed by atoms with Gasteiger partial charge in [0.15, 0.2) is 0 Å². The minimum atomic E-state index is 0.908. The molecule has 1 atom stereocenters. The van der Waals surface area contributed by atoms with E-state index >= 15 is 0 Å². The highest BCUT2D eigenvalue weighted by Gasteiger charge is 2.22. The number of H-pyrrole nitrogens is 1. The average Bonchev–Trinajstić information content (AvgIpc) is 3.20. The molecule has 1 nitrogen and oxygen atoms in total. The third-order valence-corrected chi connectivity index (χ3v) is 8.89. The molecular weight excluding hydrogens is 525 g/mol. The molecule has 1 aliphatic rings. The fraction of sp³-hybridized carbons (Fsp3) is 0.750. The lowest BCUT2D eigenvalue weighted by Gasteiger charge is -2.22. The molecule has 0 radical (unpaired) electrons. The van der Waals surface area contributed by atoms with Crippen molar-refractivity contribution in [2.75, 3.05) is 0 Å². The van der Waals surface area contributed by atoms with Gasteiger partial charge in [0.1, 0.15) is 0 Å². The Morgan fingerprint density at radius 3 is 1.82 bits per heavy atom. The predicted octanol–water partition coefficient (Wildman–Crippen LogP) is 11.3. The first kappa shape index (κ1) is 28.1. The first-order valence-electron chi connectivity index (χ1n) is 15.1. The van der Waals surface area contributed by atoms with E-state index in [2.05, 4.69) is 52.7 Å². The molecule has 34 heavy (non-hydrogen) atoms. The second kappa shape index (κ2) is 17.0. The third kappa shape index (κ3) is 10.2. The van der Waals surface area contributed by atoms with Gasteiger partial charge in [0.2, 0.25) is 0 Å². The number of fused-ring (bicyclic) bond motifs is 3. The molecule has 1 heterocycles. The maximum atomic E-state index is 3.69. The SMILES string of the molecule is CCCCCCCCCCCCCCCCCCCCC1CCc2[nH]c3ccc(I)cc3c2C1. The summed E-state index contributed by atoms with van der Waals surface area (Å²) >= 11 is 2.45. The lowest BCUT2D eigenvalue weighted by atomic mass is 9.83. The molecule has 2 heteroatoms. The van der Waals surface area contributed by atoms with E-state index in [1.165, 1.54) is 161 Å². The van der Waals surface area contributed by atoms with Crippen LogP contribution in [0, 0.1) is 9.49 Å². The Morgan fingerprint density at radius 1 is 0.735 bits per heavy atom. The standard InChI is InChI=1S/C32H52IN/c1-2-3-4-5-6-7-8-9-10-11-12-13-14-15-16-17-18-19-20-27-21-23-31-29(25-27)30-26-28(33)22-24-32(30)34-31/h22,24,26-27,34H,2-21,23,25H2,1H3. The maximum Gasteiger partial charge on any atom is 0.0459 e. The van der Waals surface area contributed by atoms with Crippen LogP contribution >= 0.6 is 22.6 Å². The molecule has 192 valence electrons. The van der Waals surface area contributed by atoms with Crippen molar-refractivity contribution in [3.8, 4) is 0 Å². The van der Waals surface area contributed by atoms with Crippen LogP contribution in [-0.2, 0) is 12.8 Å². The molecule has 0 saturated carbocycles. The summed E-state index contributed by atoms with van der Waals surface area (Å²) in [6.45, 7) is 2.30. The van der Waals surface area contributed by atoms with Crippen molar-refractivity contribution >= 4 is 33.5 Å². The van der Waals surface area contributed by atoms with E-state index in [0.717, 1.165) is 5.92 Å². The van der Waals surface area contributed by atoms with Gasteiger partial charge in [-0.15, -0.1) is 0 Å². The van der Waals surface area contributed by atoms with Crippen LogP contribution in [0.4, 0.5) is 0 Å². The Kier molecular flexibility index (Phi) is 14.1. The van der Waals surface area contributed by atoms with Gasteiger partial charge in [0.05, 0.1) is 0 Å². The number of benzene rings is 1. The number of unbranched alkanes of at least 4 members (excludes halogenated alkanes) is 17. The highest BCUT2D eigenvalue weighted by Crippen LogP contribution is 2.34. The Balaban J connectivity index is 1.10. The van der Waals surface area contributed by atoms with E-state index in [1.807, 2.05) is 0 Å². The van der Waals surface area contributed by atoms with Crippen molar-refractivity contribution in [3.63, 3.8) is 0 Å². The maximum absolute atomic E-state index is 3.69. The van der Waals surface area contributed by atoms with Crippen molar-refractivity contribution in [1.29, 1.82) is 0 Å². The molecular formula is C32H52IN. The second-order valence-electron chi connectivity index (χ2n) is 11.2. The number of aromatic nitrogens is 1. The van der Waals surface area contributed by atoms with Crippen LogP contribution in [0.25, 0.3) is 10.9 Å². The number of aryl methyl sites for hydroxylation is 1. The van der Waals surface area contributed by atoms with E-state index in [4.69, 9.17) is 0 Å². The number of hydrogen-bond acceptors (Lipinski definition) is 0. The number of nitrogens with one attached hydrogen (secondary N) is 1. The number of rotatable bonds is 19. The van der Waals surface area contributed by atoms with E-state index < -0.39 is 0 Å². The third-order valence-electron chi connectivity index (χ3n) is 8.22. The second-order valence-corrected chi connectivity index (χ2v) is 12.4. The summed E-state index contributed by atoms with van der Waals surface area (Å²) in [4.78, 5) is 3.69. The lowest BCUT2D eigenvalue weighted by Crippen LogP contribution is -2.13. The molecule has 1 aromatic carbocycles. The molecule has 0 aliphatic heterocycles. The van der Waals surface area contributed by atoms with Gasteiger partial charge in [-0.2, -0.15) is 0 Å². The predicted molar refractivity (Wildman–Crippen MR) is 160 cm³/mol. The van der Waals surface area contributed by atoms with Crippen molar-refractivity contribution in [1.82, 2.24) is 4.98 Å². The summed E-state index contributed by atoms with van der Waals surface area (Å²) in [7, 11) is 0. The van der Waals surface area contributed by atoms with Gasteiger partial charge in [0.25, 0.3) is 0 Å². The monoisotopic (exact) mass is 577 g/mol. The normalized spacial score (nSPS) is 15.8. The number of aromatic amines is 1. The zero-order valence-corrected chi connectivity index (χ0v) is 24.4. The molecule has 0 fully saturated rings. The average molecular weight is 578 g/mol. The minimum absolute atomic E-state index is 0.908. The van der Waals surface area contributed by atoms with Gasteiger partial charge in [-0.25, -0.2) is 0 Å². The summed E-state index contributed by atoms with van der Waals surface area (Å²) < 4.78 is 1.36. The molecule has 1 N–H and O–H groups in total. The zero-order valence-electron chi connectivity index (χ0n) is 22.2. The zero-order chi connectivity index (χ0) is 23.8. The highest BCUT2D eigenvalue weighted by molar-refractivity contribution is 14.1. The van der Waals surface area contributed by atoms with E-state index in [9.17, 15) is 0 Å². The van der Waals surface area contributed by atoms with E-state index in [0.29, 0.717) is 0 Å². The molecule has 0 saturated heterocycles. The lowest BCUT2D eigenvalue weighted by molar-refractivity contribution is 0.403. The molecule has 0 amide bonds. The number of halogens is 1. The van der Waals surface area contributed by atoms with Crippen molar-refractivity contribution in [2.24, 2.45) is 5.92 Å². The van der Waals surface area contributed by atoms with Crippen LogP contribution in [0.15, 0.2) is 18.2 Å². The first-order valence-corrected chi connectivity index (χ1v) is 16.1. The van der Waals surface area contributed by atoms with Crippen LogP contribution in [0.5, 0.6) is 0 Å². The quantitative estimate of drug-likeness (QED) is 0.126. The number of hydrogen-bond donors (Lipinski definition) is 1. The van der Waals surface area contributed by atoms with Crippen LogP contribution in [0.1, 0.15) is 147 Å². The largest absolute Gasteiger partial charge is 0.358 e. The Bertz CT molecular complexity index is 792. The Labute approximate surface area is 224 Å². The fourth-order valence-corrected chi connectivity index (χ4v) is 6.53. The molecule has 1 aromatic heterocycles. The summed E-state index contributed by atoms with van der Waals surface area (Å²) in [6, 6.07) is 6.87. The highest BCUT2D eigenvalue weighted by atomic mass is 127. The smallest absolute Gasteiger partial charge is 0.0459 e. The summed E-state index contributed by atoms with van der Waals surface area (Å²) in [5, 5.41) is 1.49. The van der Waals surface area contributed by atoms with Gasteiger partial charge in [-0.05, 0) is 71.5 Å². The fourth-order valence-electron chi connectivity index (χ4n) is 6.04. The van der Waals surface area contributed by atoms with Crippen LogP contribution < -0.4 is 0 Å². The minimum Gasteiger partial charge on any atom is -0.358 e.